The number of para-hydroxylation sites is 1. The second-order valence-corrected chi connectivity index (χ2v) is 5.56. The van der Waals surface area contributed by atoms with Gasteiger partial charge < -0.3 is 0 Å². The van der Waals surface area contributed by atoms with Crippen LogP contribution in [0.2, 0.25) is 0 Å². The van der Waals surface area contributed by atoms with Crippen molar-refractivity contribution in [1.82, 2.24) is 9.88 Å². The Hall–Kier alpha value is -1.12. The van der Waals surface area contributed by atoms with E-state index >= 15 is 0 Å². The van der Waals surface area contributed by atoms with Crippen LogP contribution < -0.4 is 0 Å². The summed E-state index contributed by atoms with van der Waals surface area (Å²) in [7, 11) is 0. The molecule has 1 aliphatic rings. The van der Waals surface area contributed by atoms with Gasteiger partial charge in [0.15, 0.2) is 0 Å². The third-order valence-electron chi connectivity index (χ3n) is 3.65. The number of benzene rings is 1. The number of hydrogen-bond acceptors (Lipinski definition) is 2. The minimum atomic E-state index is 0.371. The zero-order chi connectivity index (χ0) is 12.4. The molecule has 18 heavy (non-hydrogen) atoms. The summed E-state index contributed by atoms with van der Waals surface area (Å²) in [4.78, 5) is 6.89. The molecule has 1 aromatic carbocycles. The molecule has 1 fully saturated rings. The van der Waals surface area contributed by atoms with Gasteiger partial charge in [0.2, 0.25) is 0 Å². The van der Waals surface area contributed by atoms with Crippen LogP contribution in [0.25, 0.3) is 10.9 Å². The Kier molecular flexibility index (Phi) is 3.48. The molecule has 0 spiro atoms. The predicted molar refractivity (Wildman–Crippen MR) is 75.9 cm³/mol. The van der Waals surface area contributed by atoms with E-state index in [9.17, 15) is 0 Å². The molecule has 0 bridgehead atoms. The molecular formula is C15H17ClN2. The van der Waals surface area contributed by atoms with E-state index in [0.717, 1.165) is 38.0 Å². The highest BCUT2D eigenvalue weighted by Crippen LogP contribution is 2.21. The molecule has 2 nitrogen and oxygen atoms in total. The van der Waals surface area contributed by atoms with Gasteiger partial charge in [-0.2, -0.15) is 0 Å². The average Bonchev–Trinajstić information content (AvgIpc) is 2.42. The largest absolute Gasteiger partial charge is 0.299 e. The highest BCUT2D eigenvalue weighted by Gasteiger charge is 2.17. The minimum absolute atomic E-state index is 0.371. The molecule has 0 aliphatic carbocycles. The highest BCUT2D eigenvalue weighted by atomic mass is 35.5. The number of rotatable bonds is 2. The first-order valence-electron chi connectivity index (χ1n) is 6.52. The Balaban J connectivity index is 1.82. The Labute approximate surface area is 113 Å². The number of pyridine rings is 1. The molecule has 2 heterocycles. The third-order valence-corrected chi connectivity index (χ3v) is 4.09. The molecule has 1 aromatic heterocycles. The van der Waals surface area contributed by atoms with Gasteiger partial charge in [-0.25, -0.2) is 0 Å². The molecule has 0 atom stereocenters. The first kappa shape index (κ1) is 11.9. The second-order valence-electron chi connectivity index (χ2n) is 4.94. The lowest BCUT2D eigenvalue weighted by atomic mass is 10.1. The standard InChI is InChI=1S/C15H17ClN2/c16-13-6-9-18(10-7-13)11-12-5-8-17-15-4-2-1-3-14(12)15/h1-5,8,13H,6-7,9-11H2. The lowest BCUT2D eigenvalue weighted by molar-refractivity contribution is 0.224. The van der Waals surface area contributed by atoms with Crippen LogP contribution in [0.4, 0.5) is 0 Å². The summed E-state index contributed by atoms with van der Waals surface area (Å²) in [5.41, 5.74) is 2.45. The van der Waals surface area contributed by atoms with Crippen LogP contribution in [0.3, 0.4) is 0 Å². The first-order valence-corrected chi connectivity index (χ1v) is 6.95. The van der Waals surface area contributed by atoms with Crippen LogP contribution in [0.5, 0.6) is 0 Å². The molecule has 94 valence electrons. The van der Waals surface area contributed by atoms with E-state index in [-0.39, 0.29) is 0 Å². The van der Waals surface area contributed by atoms with Gasteiger partial charge in [-0.1, -0.05) is 18.2 Å². The Morgan fingerprint density at radius 3 is 2.78 bits per heavy atom. The fraction of sp³-hybridized carbons (Fsp3) is 0.400. The minimum Gasteiger partial charge on any atom is -0.299 e. The van der Waals surface area contributed by atoms with Crippen molar-refractivity contribution in [2.45, 2.75) is 24.8 Å². The number of piperidine rings is 1. The van der Waals surface area contributed by atoms with Crippen LogP contribution in [0.15, 0.2) is 36.5 Å². The lowest BCUT2D eigenvalue weighted by Crippen LogP contribution is -2.33. The maximum Gasteiger partial charge on any atom is 0.0705 e. The topological polar surface area (TPSA) is 16.1 Å². The van der Waals surface area contributed by atoms with Crippen molar-refractivity contribution < 1.29 is 0 Å². The van der Waals surface area contributed by atoms with E-state index in [1.165, 1.54) is 10.9 Å². The normalized spacial score (nSPS) is 18.3. The summed E-state index contributed by atoms with van der Waals surface area (Å²) in [5.74, 6) is 0. The van der Waals surface area contributed by atoms with Crippen molar-refractivity contribution in [3.05, 3.63) is 42.1 Å². The number of fused-ring (bicyclic) bond motifs is 1. The van der Waals surface area contributed by atoms with E-state index in [2.05, 4.69) is 34.1 Å². The number of likely N-dealkylation sites (tertiary alicyclic amines) is 1. The van der Waals surface area contributed by atoms with Gasteiger partial charge in [-0.05, 0) is 43.6 Å². The van der Waals surface area contributed by atoms with Crippen molar-refractivity contribution >= 4 is 22.5 Å². The van der Waals surface area contributed by atoms with Crippen molar-refractivity contribution in [3.63, 3.8) is 0 Å². The summed E-state index contributed by atoms with van der Waals surface area (Å²) in [5, 5.41) is 1.64. The third kappa shape index (κ3) is 2.50. The van der Waals surface area contributed by atoms with Crippen molar-refractivity contribution in [2.75, 3.05) is 13.1 Å². The molecule has 0 saturated carbocycles. The molecule has 1 aliphatic heterocycles. The fourth-order valence-corrected chi connectivity index (χ4v) is 2.79. The molecule has 0 N–H and O–H groups in total. The quantitative estimate of drug-likeness (QED) is 0.769. The van der Waals surface area contributed by atoms with E-state index in [4.69, 9.17) is 11.6 Å². The number of nitrogens with zero attached hydrogens (tertiary/aromatic N) is 2. The number of halogens is 1. The van der Waals surface area contributed by atoms with Crippen LogP contribution in [0, 0.1) is 0 Å². The smallest absolute Gasteiger partial charge is 0.0705 e. The SMILES string of the molecule is ClC1CCN(Cc2ccnc3ccccc23)CC1. The molecule has 1 saturated heterocycles. The van der Waals surface area contributed by atoms with Gasteiger partial charge in [0.1, 0.15) is 0 Å². The summed E-state index contributed by atoms with van der Waals surface area (Å²) in [6.07, 6.45) is 4.11. The van der Waals surface area contributed by atoms with Gasteiger partial charge in [-0.15, -0.1) is 11.6 Å². The summed E-state index contributed by atoms with van der Waals surface area (Å²) < 4.78 is 0. The Bertz CT molecular complexity index is 528. The Morgan fingerprint density at radius 2 is 1.94 bits per heavy atom. The zero-order valence-electron chi connectivity index (χ0n) is 10.3. The number of alkyl halides is 1. The van der Waals surface area contributed by atoms with Crippen LogP contribution >= 0.6 is 11.6 Å². The van der Waals surface area contributed by atoms with E-state index in [1.54, 1.807) is 0 Å². The number of aromatic nitrogens is 1. The van der Waals surface area contributed by atoms with Crippen LogP contribution in [-0.2, 0) is 6.54 Å². The van der Waals surface area contributed by atoms with Gasteiger partial charge >= 0.3 is 0 Å². The van der Waals surface area contributed by atoms with E-state index in [1.807, 2.05) is 12.3 Å². The average molecular weight is 261 g/mol. The monoisotopic (exact) mass is 260 g/mol. The summed E-state index contributed by atoms with van der Waals surface area (Å²) in [6, 6.07) is 10.5. The van der Waals surface area contributed by atoms with Crippen molar-refractivity contribution in [2.24, 2.45) is 0 Å². The van der Waals surface area contributed by atoms with Gasteiger partial charge in [0.05, 0.1) is 5.52 Å². The second kappa shape index (κ2) is 5.25. The van der Waals surface area contributed by atoms with Crippen LogP contribution in [-0.4, -0.2) is 28.4 Å². The number of hydrogen-bond donors (Lipinski definition) is 0. The molecule has 3 heteroatoms. The molecule has 0 radical (unpaired) electrons. The molecular weight excluding hydrogens is 244 g/mol. The molecule has 0 unspecified atom stereocenters. The molecule has 2 aromatic rings. The van der Waals surface area contributed by atoms with E-state index in [0.29, 0.717) is 5.38 Å². The summed E-state index contributed by atoms with van der Waals surface area (Å²) in [6.45, 7) is 3.21. The molecule has 3 rings (SSSR count). The predicted octanol–water partition coefficient (Wildman–Crippen LogP) is 3.44. The maximum absolute atomic E-state index is 6.14. The van der Waals surface area contributed by atoms with Crippen LogP contribution in [0.1, 0.15) is 18.4 Å². The van der Waals surface area contributed by atoms with Crippen molar-refractivity contribution in [1.29, 1.82) is 0 Å². The Morgan fingerprint density at radius 1 is 1.17 bits per heavy atom. The molecule has 0 amide bonds. The lowest BCUT2D eigenvalue weighted by Gasteiger charge is -2.29. The summed E-state index contributed by atoms with van der Waals surface area (Å²) >= 11 is 6.14. The van der Waals surface area contributed by atoms with E-state index < -0.39 is 0 Å². The zero-order valence-corrected chi connectivity index (χ0v) is 11.1. The maximum atomic E-state index is 6.14. The fourth-order valence-electron chi connectivity index (χ4n) is 2.59. The first-order chi connectivity index (χ1) is 8.83. The highest BCUT2D eigenvalue weighted by molar-refractivity contribution is 6.20. The van der Waals surface area contributed by atoms with Gasteiger partial charge in [-0.3, -0.25) is 9.88 Å². The van der Waals surface area contributed by atoms with Gasteiger partial charge in [0, 0.05) is 23.5 Å². The van der Waals surface area contributed by atoms with Crippen molar-refractivity contribution in [3.8, 4) is 0 Å². The van der Waals surface area contributed by atoms with Gasteiger partial charge in [0.25, 0.3) is 0 Å².